The van der Waals surface area contributed by atoms with Gasteiger partial charge in [0.1, 0.15) is 0 Å². The zero-order chi connectivity index (χ0) is 20.2. The number of nitrogens with one attached hydrogen (secondary N) is 1. The number of rotatable bonds is 2. The molecular weight excluding hydrogens is 364 g/mol. The van der Waals surface area contributed by atoms with Gasteiger partial charge in [-0.1, -0.05) is 17.7 Å². The number of carbonyl (C=O) groups excluding carboxylic acids is 2. The predicted octanol–water partition coefficient (Wildman–Crippen LogP) is 2.95. The summed E-state index contributed by atoms with van der Waals surface area (Å²) in [6.07, 6.45) is 6.11. The molecule has 1 saturated carbocycles. The predicted molar refractivity (Wildman–Crippen MR) is 109 cm³/mol. The Kier molecular flexibility index (Phi) is 4.26. The average molecular weight is 393 g/mol. The van der Waals surface area contributed by atoms with Crippen LogP contribution in [0.3, 0.4) is 0 Å². The summed E-state index contributed by atoms with van der Waals surface area (Å²) in [5, 5.41) is 0. The largest absolute Gasteiger partial charge is 0.348 e. The van der Waals surface area contributed by atoms with E-state index in [9.17, 15) is 9.59 Å². The van der Waals surface area contributed by atoms with E-state index in [-0.39, 0.29) is 23.3 Å². The fraction of sp³-hybridized carbons (Fsp3) is 0.522. The standard InChI is InChI=1S/C23H28N4O2/c1-15-3-4-16(2)18(13-15)22(29)26-11-8-23(9-12-26)20-19(24-14-25-20)7-10-27(23)21(28)17-5-6-17/h3-4,13-14,17H,5-12H2,1-2H3,(H,24,25). The summed E-state index contributed by atoms with van der Waals surface area (Å²) in [4.78, 5) is 38.3. The first-order valence-corrected chi connectivity index (χ1v) is 10.7. The van der Waals surface area contributed by atoms with Gasteiger partial charge < -0.3 is 14.8 Å². The van der Waals surface area contributed by atoms with Crippen molar-refractivity contribution in [1.29, 1.82) is 0 Å². The van der Waals surface area contributed by atoms with Crippen molar-refractivity contribution in [2.75, 3.05) is 19.6 Å². The van der Waals surface area contributed by atoms with E-state index >= 15 is 0 Å². The summed E-state index contributed by atoms with van der Waals surface area (Å²) in [6, 6.07) is 6.04. The number of hydrogen-bond donors (Lipinski definition) is 1. The maximum absolute atomic E-state index is 13.2. The van der Waals surface area contributed by atoms with Crippen LogP contribution in [-0.2, 0) is 16.8 Å². The van der Waals surface area contributed by atoms with E-state index in [1.54, 1.807) is 6.33 Å². The minimum absolute atomic E-state index is 0.0965. The second-order valence-corrected chi connectivity index (χ2v) is 8.89. The minimum Gasteiger partial charge on any atom is -0.348 e. The van der Waals surface area contributed by atoms with E-state index in [4.69, 9.17) is 0 Å². The van der Waals surface area contributed by atoms with Gasteiger partial charge in [-0.2, -0.15) is 0 Å². The number of piperidine rings is 1. The average Bonchev–Trinajstić information content (AvgIpc) is 3.47. The van der Waals surface area contributed by atoms with E-state index in [0.717, 1.165) is 66.7 Å². The van der Waals surface area contributed by atoms with Crippen molar-refractivity contribution in [1.82, 2.24) is 19.8 Å². The molecule has 0 atom stereocenters. The Morgan fingerprint density at radius 3 is 2.62 bits per heavy atom. The smallest absolute Gasteiger partial charge is 0.254 e. The Morgan fingerprint density at radius 2 is 1.90 bits per heavy atom. The normalized spacial score (nSPS) is 20.6. The molecule has 6 heteroatoms. The molecule has 1 aliphatic carbocycles. The zero-order valence-corrected chi connectivity index (χ0v) is 17.2. The van der Waals surface area contributed by atoms with Crippen LogP contribution in [0.1, 0.15) is 58.6 Å². The number of carbonyl (C=O) groups is 2. The van der Waals surface area contributed by atoms with Gasteiger partial charge in [0.15, 0.2) is 0 Å². The third-order valence-electron chi connectivity index (χ3n) is 6.96. The van der Waals surface area contributed by atoms with Crippen LogP contribution in [0.4, 0.5) is 0 Å². The molecule has 2 amide bonds. The topological polar surface area (TPSA) is 69.3 Å². The highest BCUT2D eigenvalue weighted by Crippen LogP contribution is 2.45. The highest BCUT2D eigenvalue weighted by molar-refractivity contribution is 5.96. The molecule has 29 heavy (non-hydrogen) atoms. The number of aromatic amines is 1. The number of imidazole rings is 1. The Morgan fingerprint density at radius 1 is 1.14 bits per heavy atom. The Hall–Kier alpha value is -2.63. The molecule has 1 aromatic carbocycles. The Bertz CT molecular complexity index is 967. The molecule has 3 aliphatic rings. The first-order chi connectivity index (χ1) is 14.0. The maximum Gasteiger partial charge on any atom is 0.254 e. The molecule has 1 N–H and O–H groups in total. The first-order valence-electron chi connectivity index (χ1n) is 10.7. The molecule has 2 fully saturated rings. The Labute approximate surface area is 171 Å². The maximum atomic E-state index is 13.2. The first kappa shape index (κ1) is 18.4. The number of benzene rings is 1. The fourth-order valence-electron chi connectivity index (χ4n) is 5.07. The summed E-state index contributed by atoms with van der Waals surface area (Å²) in [5.74, 6) is 0.578. The summed E-state index contributed by atoms with van der Waals surface area (Å²) in [6.45, 7) is 6.05. The number of H-pyrrole nitrogens is 1. The summed E-state index contributed by atoms with van der Waals surface area (Å²) >= 11 is 0. The van der Waals surface area contributed by atoms with Crippen LogP contribution in [0.25, 0.3) is 0 Å². The molecule has 152 valence electrons. The summed E-state index contributed by atoms with van der Waals surface area (Å²) < 4.78 is 0. The third kappa shape index (κ3) is 2.96. The molecule has 3 heterocycles. The van der Waals surface area contributed by atoms with Crippen LogP contribution in [0.5, 0.6) is 0 Å². The van der Waals surface area contributed by atoms with E-state index < -0.39 is 0 Å². The van der Waals surface area contributed by atoms with Gasteiger partial charge in [0.05, 0.1) is 17.6 Å². The van der Waals surface area contributed by atoms with Crippen molar-refractivity contribution in [2.45, 2.75) is 51.5 Å². The lowest BCUT2D eigenvalue weighted by Gasteiger charge is -2.50. The number of fused-ring (bicyclic) bond motifs is 2. The lowest BCUT2D eigenvalue weighted by Crippen LogP contribution is -2.59. The van der Waals surface area contributed by atoms with Gasteiger partial charge >= 0.3 is 0 Å². The van der Waals surface area contributed by atoms with Crippen molar-refractivity contribution in [3.05, 3.63) is 52.6 Å². The van der Waals surface area contributed by atoms with Crippen molar-refractivity contribution in [3.8, 4) is 0 Å². The molecule has 1 spiro atoms. The van der Waals surface area contributed by atoms with Gasteiger partial charge in [-0.05, 0) is 51.2 Å². The van der Waals surface area contributed by atoms with Crippen molar-refractivity contribution in [3.63, 3.8) is 0 Å². The van der Waals surface area contributed by atoms with E-state index in [1.165, 1.54) is 0 Å². The number of likely N-dealkylation sites (tertiary alicyclic amines) is 1. The Balaban J connectivity index is 1.42. The number of hydrogen-bond acceptors (Lipinski definition) is 3. The molecule has 0 unspecified atom stereocenters. The summed E-state index contributed by atoms with van der Waals surface area (Å²) in [5.41, 5.74) is 4.71. The van der Waals surface area contributed by atoms with Gasteiger partial charge in [-0.3, -0.25) is 9.59 Å². The van der Waals surface area contributed by atoms with Crippen LogP contribution in [0, 0.1) is 19.8 Å². The van der Waals surface area contributed by atoms with Crippen molar-refractivity contribution in [2.24, 2.45) is 5.92 Å². The van der Waals surface area contributed by atoms with Crippen LogP contribution >= 0.6 is 0 Å². The van der Waals surface area contributed by atoms with Crippen LogP contribution in [0.2, 0.25) is 0 Å². The van der Waals surface area contributed by atoms with Crippen molar-refractivity contribution < 1.29 is 9.59 Å². The SMILES string of the molecule is Cc1ccc(C)c(C(=O)N2CCC3(CC2)c2nc[nH]c2CCN3C(=O)C2CC2)c1. The van der Waals surface area contributed by atoms with E-state index in [1.807, 2.05) is 36.9 Å². The van der Waals surface area contributed by atoms with E-state index in [2.05, 4.69) is 14.9 Å². The molecule has 0 bridgehead atoms. The molecule has 1 saturated heterocycles. The third-order valence-corrected chi connectivity index (χ3v) is 6.96. The van der Waals surface area contributed by atoms with Crippen LogP contribution in [0.15, 0.2) is 24.5 Å². The molecular formula is C23H28N4O2. The zero-order valence-electron chi connectivity index (χ0n) is 17.2. The number of nitrogens with zero attached hydrogens (tertiary/aromatic N) is 3. The van der Waals surface area contributed by atoms with Gasteiger partial charge in [0.2, 0.25) is 5.91 Å². The number of aryl methyl sites for hydroxylation is 2. The van der Waals surface area contributed by atoms with Crippen LogP contribution < -0.4 is 0 Å². The molecule has 0 radical (unpaired) electrons. The monoisotopic (exact) mass is 392 g/mol. The lowest BCUT2D eigenvalue weighted by atomic mass is 9.78. The van der Waals surface area contributed by atoms with Gasteiger partial charge in [0, 0.05) is 43.2 Å². The number of amides is 2. The van der Waals surface area contributed by atoms with Gasteiger partial charge in [0.25, 0.3) is 5.91 Å². The molecule has 2 aliphatic heterocycles. The van der Waals surface area contributed by atoms with E-state index in [0.29, 0.717) is 13.1 Å². The quantitative estimate of drug-likeness (QED) is 0.854. The van der Waals surface area contributed by atoms with Gasteiger partial charge in [-0.15, -0.1) is 0 Å². The fourth-order valence-corrected chi connectivity index (χ4v) is 5.07. The molecule has 6 nitrogen and oxygen atoms in total. The highest BCUT2D eigenvalue weighted by atomic mass is 16.2. The highest BCUT2D eigenvalue weighted by Gasteiger charge is 2.51. The number of aromatic nitrogens is 2. The molecule has 5 rings (SSSR count). The molecule has 1 aromatic heterocycles. The minimum atomic E-state index is -0.369. The van der Waals surface area contributed by atoms with Crippen LogP contribution in [-0.4, -0.2) is 51.2 Å². The summed E-state index contributed by atoms with van der Waals surface area (Å²) in [7, 11) is 0. The molecule has 2 aromatic rings. The second kappa shape index (κ2) is 6.71. The lowest BCUT2D eigenvalue weighted by molar-refractivity contribution is -0.143. The van der Waals surface area contributed by atoms with Gasteiger partial charge in [-0.25, -0.2) is 4.98 Å². The van der Waals surface area contributed by atoms with Crippen molar-refractivity contribution >= 4 is 11.8 Å². The second-order valence-electron chi connectivity index (χ2n) is 8.89.